The van der Waals surface area contributed by atoms with Gasteiger partial charge in [0.2, 0.25) is 5.82 Å². The van der Waals surface area contributed by atoms with Crippen LogP contribution in [0.25, 0.3) is 0 Å². The van der Waals surface area contributed by atoms with Crippen LogP contribution >= 0.6 is 0 Å². The Bertz CT molecular complexity index is 617. The predicted molar refractivity (Wildman–Crippen MR) is 84.1 cm³/mol. The molecule has 0 radical (unpaired) electrons. The molecule has 0 aliphatic rings. The molecular formula is C14H19F5N2O4Si. The van der Waals surface area contributed by atoms with Gasteiger partial charge in [0.15, 0.2) is 23.3 Å². The maximum atomic E-state index is 13.5. The Morgan fingerprint density at radius 3 is 1.92 bits per heavy atom. The third kappa shape index (κ3) is 5.12. The summed E-state index contributed by atoms with van der Waals surface area (Å²) in [7, 11) is -0.0106. The first-order valence-electron chi connectivity index (χ1n) is 7.53. The van der Waals surface area contributed by atoms with Gasteiger partial charge in [0.05, 0.1) is 0 Å². The molecule has 0 spiro atoms. The molecule has 0 aromatic heterocycles. The first-order chi connectivity index (χ1) is 12.2. The first-order valence-corrected chi connectivity index (χ1v) is 9.46. The minimum Gasteiger partial charge on any atom is -0.377 e. The Kier molecular flexibility index (Phi) is 8.40. The highest BCUT2D eigenvalue weighted by Gasteiger charge is 2.37. The third-order valence-electron chi connectivity index (χ3n) is 3.38. The van der Waals surface area contributed by atoms with Gasteiger partial charge in [-0.2, -0.15) is 0 Å². The lowest BCUT2D eigenvalue weighted by Gasteiger charge is -2.25. The van der Waals surface area contributed by atoms with E-state index in [2.05, 4.69) is 5.32 Å². The fourth-order valence-electron chi connectivity index (χ4n) is 2.08. The molecule has 2 amide bonds. The van der Waals surface area contributed by atoms with Crippen molar-refractivity contribution >= 4 is 20.5 Å². The van der Waals surface area contributed by atoms with Crippen LogP contribution in [0, 0.1) is 29.1 Å². The quantitative estimate of drug-likeness (QED) is 0.219. The van der Waals surface area contributed by atoms with Crippen molar-refractivity contribution in [1.82, 2.24) is 5.32 Å². The largest absolute Gasteiger partial charge is 0.500 e. The second kappa shape index (κ2) is 9.80. The van der Waals surface area contributed by atoms with Crippen molar-refractivity contribution in [3.8, 4) is 0 Å². The van der Waals surface area contributed by atoms with E-state index in [1.165, 1.54) is 14.2 Å². The summed E-state index contributed by atoms with van der Waals surface area (Å²) >= 11 is 0. The summed E-state index contributed by atoms with van der Waals surface area (Å²) in [5.74, 6) is -10.8. The monoisotopic (exact) mass is 402 g/mol. The Balaban J connectivity index is 2.64. The Morgan fingerprint density at radius 2 is 1.46 bits per heavy atom. The molecule has 26 heavy (non-hydrogen) atoms. The summed E-state index contributed by atoms with van der Waals surface area (Å²) in [5.41, 5.74) is -1.43. The van der Waals surface area contributed by atoms with Gasteiger partial charge in [0.1, 0.15) is 5.69 Å². The first kappa shape index (κ1) is 22.3. The number of carbonyl (C=O) groups is 1. The molecule has 1 aromatic carbocycles. The van der Waals surface area contributed by atoms with E-state index in [0.29, 0.717) is 19.1 Å². The minimum atomic E-state index is -2.86. The third-order valence-corrected chi connectivity index (χ3v) is 6.32. The zero-order chi connectivity index (χ0) is 19.9. The number of rotatable bonds is 9. The molecule has 1 rings (SSSR count). The molecule has 0 aliphatic heterocycles. The molecule has 6 nitrogen and oxygen atoms in total. The van der Waals surface area contributed by atoms with Crippen LogP contribution in [0.5, 0.6) is 0 Å². The smallest absolute Gasteiger partial charge is 0.377 e. The Labute approximate surface area is 148 Å². The molecule has 148 valence electrons. The van der Waals surface area contributed by atoms with E-state index in [1.807, 2.05) is 0 Å². The topological polar surface area (TPSA) is 68.8 Å². The highest BCUT2D eigenvalue weighted by molar-refractivity contribution is 6.60. The second-order valence-corrected chi connectivity index (χ2v) is 7.92. The van der Waals surface area contributed by atoms with Crippen molar-refractivity contribution in [3.63, 3.8) is 0 Å². The van der Waals surface area contributed by atoms with E-state index in [0.717, 1.165) is 0 Å². The van der Waals surface area contributed by atoms with Crippen LogP contribution in [0.15, 0.2) is 0 Å². The molecule has 0 atom stereocenters. The number of amides is 2. The Morgan fingerprint density at radius 1 is 0.962 bits per heavy atom. The number of halogens is 5. The molecule has 2 N–H and O–H groups in total. The van der Waals surface area contributed by atoms with Crippen LogP contribution in [0.1, 0.15) is 13.3 Å². The number of benzene rings is 1. The lowest BCUT2D eigenvalue weighted by atomic mass is 10.2. The number of urea groups is 1. The average molecular weight is 402 g/mol. The van der Waals surface area contributed by atoms with Crippen molar-refractivity contribution < 1.29 is 40.0 Å². The van der Waals surface area contributed by atoms with Crippen molar-refractivity contribution in [2.75, 3.05) is 32.7 Å². The highest BCUT2D eigenvalue weighted by Crippen LogP contribution is 2.27. The number of nitrogens with one attached hydrogen (secondary N) is 2. The summed E-state index contributed by atoms with van der Waals surface area (Å²) in [6, 6.07) is -0.789. The summed E-state index contributed by atoms with van der Waals surface area (Å²) in [6.45, 7) is 2.15. The summed E-state index contributed by atoms with van der Waals surface area (Å²) < 4.78 is 82.0. The van der Waals surface area contributed by atoms with Gasteiger partial charge in [-0.3, -0.25) is 0 Å². The van der Waals surface area contributed by atoms with Gasteiger partial charge >= 0.3 is 14.8 Å². The minimum absolute atomic E-state index is 0.0236. The molecule has 1 aromatic rings. The standard InChI is InChI=1S/C14H19F5N2O4Si/c1-4-25-26(23-2,24-3)7-5-6-20-14(22)21-13-11(18)9(16)8(15)10(17)12(13)19/h4-7H2,1-3H3,(H2,20,21,22). The number of carbonyl (C=O) groups excluding carboxylic acids is 1. The highest BCUT2D eigenvalue weighted by atomic mass is 28.4. The normalized spacial score (nSPS) is 11.5. The van der Waals surface area contributed by atoms with E-state index in [9.17, 15) is 26.7 Å². The number of anilines is 1. The van der Waals surface area contributed by atoms with Crippen molar-refractivity contribution in [3.05, 3.63) is 29.1 Å². The van der Waals surface area contributed by atoms with Crippen LogP contribution in [0.3, 0.4) is 0 Å². The fraction of sp³-hybridized carbons (Fsp3) is 0.500. The molecular weight excluding hydrogens is 383 g/mol. The second-order valence-electron chi connectivity index (χ2n) is 4.95. The predicted octanol–water partition coefficient (Wildman–Crippen LogP) is 3.16. The van der Waals surface area contributed by atoms with E-state index in [-0.39, 0.29) is 6.54 Å². The van der Waals surface area contributed by atoms with Crippen LogP contribution < -0.4 is 10.6 Å². The molecule has 0 bridgehead atoms. The van der Waals surface area contributed by atoms with Crippen molar-refractivity contribution in [2.45, 2.75) is 19.4 Å². The van der Waals surface area contributed by atoms with Crippen LogP contribution in [0.4, 0.5) is 32.4 Å². The summed E-state index contributed by atoms with van der Waals surface area (Å²) in [5, 5.41) is 3.84. The zero-order valence-corrected chi connectivity index (χ0v) is 15.4. The average Bonchev–Trinajstić information content (AvgIpc) is 2.64. The van der Waals surface area contributed by atoms with Crippen molar-refractivity contribution in [1.29, 1.82) is 0 Å². The molecule has 0 aliphatic carbocycles. The van der Waals surface area contributed by atoms with Gasteiger partial charge in [0, 0.05) is 33.4 Å². The van der Waals surface area contributed by atoms with E-state index < -0.39 is 49.6 Å². The molecule has 0 saturated carbocycles. The molecule has 0 fully saturated rings. The SMILES string of the molecule is CCO[Si](CCCNC(=O)Nc1c(F)c(F)c(F)c(F)c1F)(OC)OC. The van der Waals surface area contributed by atoms with Gasteiger partial charge in [-0.25, -0.2) is 26.7 Å². The summed E-state index contributed by atoms with van der Waals surface area (Å²) in [6.07, 6.45) is 0.332. The zero-order valence-electron chi connectivity index (χ0n) is 14.4. The maximum absolute atomic E-state index is 13.5. The Hall–Kier alpha value is -1.76. The van der Waals surface area contributed by atoms with Gasteiger partial charge in [-0.05, 0) is 13.3 Å². The van der Waals surface area contributed by atoms with Gasteiger partial charge in [0.25, 0.3) is 0 Å². The summed E-state index contributed by atoms with van der Waals surface area (Å²) in [4.78, 5) is 11.6. The van der Waals surface area contributed by atoms with Gasteiger partial charge < -0.3 is 23.9 Å². The van der Waals surface area contributed by atoms with E-state index in [4.69, 9.17) is 13.3 Å². The van der Waals surface area contributed by atoms with E-state index >= 15 is 0 Å². The molecule has 0 saturated heterocycles. The maximum Gasteiger partial charge on any atom is 0.500 e. The fourth-order valence-corrected chi connectivity index (χ4v) is 4.08. The van der Waals surface area contributed by atoms with Crippen LogP contribution in [-0.4, -0.2) is 42.2 Å². The lowest BCUT2D eigenvalue weighted by molar-refractivity contribution is 0.103. The van der Waals surface area contributed by atoms with Crippen LogP contribution in [0.2, 0.25) is 6.04 Å². The molecule has 12 heteroatoms. The van der Waals surface area contributed by atoms with Crippen LogP contribution in [-0.2, 0) is 13.3 Å². The number of hydrogen-bond acceptors (Lipinski definition) is 4. The molecule has 0 heterocycles. The van der Waals surface area contributed by atoms with Gasteiger partial charge in [-0.15, -0.1) is 0 Å². The van der Waals surface area contributed by atoms with Crippen molar-refractivity contribution in [2.24, 2.45) is 0 Å². The van der Waals surface area contributed by atoms with E-state index in [1.54, 1.807) is 12.2 Å². The number of hydrogen-bond donors (Lipinski definition) is 2. The molecule has 0 unspecified atom stereocenters. The van der Waals surface area contributed by atoms with Gasteiger partial charge in [-0.1, -0.05) is 0 Å². The lowest BCUT2D eigenvalue weighted by Crippen LogP contribution is -2.44.